The molecule has 30 heavy (non-hydrogen) atoms. The van der Waals surface area contributed by atoms with Gasteiger partial charge in [-0.15, -0.1) is 0 Å². The van der Waals surface area contributed by atoms with E-state index >= 15 is 0 Å². The molecule has 1 aliphatic rings. The molecule has 154 valence electrons. The third-order valence-corrected chi connectivity index (χ3v) is 6.20. The van der Waals surface area contributed by atoms with Crippen LogP contribution in [0.4, 0.5) is 10.1 Å². The molecule has 0 N–H and O–H groups in total. The highest BCUT2D eigenvalue weighted by Gasteiger charge is 2.20. The van der Waals surface area contributed by atoms with E-state index in [4.69, 9.17) is 9.72 Å². The Labute approximate surface area is 182 Å². The number of benzene rings is 2. The molecule has 1 aliphatic heterocycles. The third-order valence-electron chi connectivity index (χ3n) is 5.60. The van der Waals surface area contributed by atoms with Gasteiger partial charge >= 0.3 is 0 Å². The van der Waals surface area contributed by atoms with E-state index in [0.717, 1.165) is 76.5 Å². The first-order chi connectivity index (χ1) is 14.6. The highest BCUT2D eigenvalue weighted by molar-refractivity contribution is 9.10. The zero-order valence-corrected chi connectivity index (χ0v) is 18.5. The van der Waals surface area contributed by atoms with Crippen LogP contribution in [0.5, 0.6) is 0 Å². The minimum absolute atomic E-state index is 0.310. The summed E-state index contributed by atoms with van der Waals surface area (Å²) in [6.07, 6.45) is 0.756. The van der Waals surface area contributed by atoms with Gasteiger partial charge in [-0.25, -0.2) is 14.4 Å². The lowest BCUT2D eigenvalue weighted by Gasteiger charge is -2.29. The fourth-order valence-electron chi connectivity index (χ4n) is 4.18. The number of anilines is 1. The van der Waals surface area contributed by atoms with Crippen molar-refractivity contribution in [3.8, 4) is 5.69 Å². The molecule has 0 unspecified atom stereocenters. The monoisotopic (exact) mass is 468 g/mol. The van der Waals surface area contributed by atoms with Crippen LogP contribution >= 0.6 is 15.9 Å². The number of aromatic nitrogens is 3. The molecule has 4 aromatic rings. The Morgan fingerprint density at radius 2 is 1.90 bits per heavy atom. The number of hydrogen-bond acceptors (Lipinski definition) is 4. The van der Waals surface area contributed by atoms with Gasteiger partial charge in [0.2, 0.25) is 0 Å². The summed E-state index contributed by atoms with van der Waals surface area (Å²) in [6, 6.07) is 11.4. The topological polar surface area (TPSA) is 43.2 Å². The van der Waals surface area contributed by atoms with Crippen molar-refractivity contribution in [1.82, 2.24) is 14.5 Å². The number of halogens is 2. The Morgan fingerprint density at radius 1 is 1.10 bits per heavy atom. The van der Waals surface area contributed by atoms with E-state index in [0.29, 0.717) is 5.52 Å². The summed E-state index contributed by atoms with van der Waals surface area (Å²) >= 11 is 3.73. The SMILES string of the molecule is CCc1nc2c(Br)cc(N3CCOCC3)cc2n1-c1cc(C)nc2c(F)cccc12. The Morgan fingerprint density at radius 3 is 2.67 bits per heavy atom. The molecule has 0 amide bonds. The van der Waals surface area contributed by atoms with E-state index in [-0.39, 0.29) is 5.82 Å². The number of para-hydroxylation sites is 1. The predicted molar refractivity (Wildman–Crippen MR) is 121 cm³/mol. The number of fused-ring (bicyclic) bond motifs is 2. The Hall–Kier alpha value is -2.51. The van der Waals surface area contributed by atoms with Crippen LogP contribution in [0.2, 0.25) is 0 Å². The van der Waals surface area contributed by atoms with Crippen LogP contribution in [-0.4, -0.2) is 40.8 Å². The van der Waals surface area contributed by atoms with E-state index in [1.165, 1.54) is 6.07 Å². The van der Waals surface area contributed by atoms with Gasteiger partial charge in [-0.2, -0.15) is 0 Å². The standard InChI is InChI=1S/C23H22BrFN4O/c1-3-21-27-23-17(24)12-15(28-7-9-30-10-8-28)13-20(23)29(21)19-11-14(2)26-22-16(19)5-4-6-18(22)25/h4-6,11-13H,3,7-10H2,1-2H3. The number of rotatable bonds is 3. The molecule has 1 saturated heterocycles. The van der Waals surface area contributed by atoms with Crippen LogP contribution in [-0.2, 0) is 11.2 Å². The lowest BCUT2D eigenvalue weighted by Crippen LogP contribution is -2.36. The summed E-state index contributed by atoms with van der Waals surface area (Å²) in [7, 11) is 0. The van der Waals surface area contributed by atoms with E-state index in [1.54, 1.807) is 6.07 Å². The van der Waals surface area contributed by atoms with Crippen molar-refractivity contribution in [2.75, 3.05) is 31.2 Å². The minimum Gasteiger partial charge on any atom is -0.378 e. The summed E-state index contributed by atoms with van der Waals surface area (Å²) in [5.41, 5.74) is 5.10. The summed E-state index contributed by atoms with van der Waals surface area (Å²) in [5, 5.41) is 0.780. The number of nitrogens with zero attached hydrogens (tertiary/aromatic N) is 4. The van der Waals surface area contributed by atoms with Gasteiger partial charge in [0, 0.05) is 40.8 Å². The van der Waals surface area contributed by atoms with Crippen molar-refractivity contribution >= 4 is 43.6 Å². The normalized spacial score (nSPS) is 14.7. The molecule has 0 bridgehead atoms. The average molecular weight is 469 g/mol. The van der Waals surface area contributed by atoms with Crippen molar-refractivity contribution < 1.29 is 9.13 Å². The Bertz CT molecular complexity index is 1260. The van der Waals surface area contributed by atoms with Gasteiger partial charge < -0.3 is 9.64 Å². The van der Waals surface area contributed by atoms with Gasteiger partial charge in [0.1, 0.15) is 22.7 Å². The Balaban J connectivity index is 1.82. The highest BCUT2D eigenvalue weighted by Crippen LogP contribution is 2.35. The first-order valence-corrected chi connectivity index (χ1v) is 11.0. The highest BCUT2D eigenvalue weighted by atomic mass is 79.9. The zero-order valence-electron chi connectivity index (χ0n) is 17.0. The second-order valence-corrected chi connectivity index (χ2v) is 8.38. The van der Waals surface area contributed by atoms with Gasteiger partial charge in [0.05, 0.1) is 24.4 Å². The molecule has 0 spiro atoms. The van der Waals surface area contributed by atoms with Gasteiger partial charge in [0.15, 0.2) is 0 Å². The maximum absolute atomic E-state index is 14.5. The largest absolute Gasteiger partial charge is 0.378 e. The molecule has 0 aliphatic carbocycles. The molecular weight excluding hydrogens is 447 g/mol. The van der Waals surface area contributed by atoms with Crippen LogP contribution in [0.1, 0.15) is 18.4 Å². The lowest BCUT2D eigenvalue weighted by molar-refractivity contribution is 0.122. The molecule has 3 heterocycles. The first kappa shape index (κ1) is 19.5. The van der Waals surface area contributed by atoms with E-state index in [1.807, 2.05) is 19.1 Å². The molecule has 0 atom stereocenters. The molecule has 0 radical (unpaired) electrons. The molecular formula is C23H22BrFN4O. The van der Waals surface area contributed by atoms with Gasteiger partial charge in [0.25, 0.3) is 0 Å². The number of morpholine rings is 1. The second-order valence-electron chi connectivity index (χ2n) is 7.53. The summed E-state index contributed by atoms with van der Waals surface area (Å²) in [5.74, 6) is 0.621. The van der Waals surface area contributed by atoms with Crippen LogP contribution < -0.4 is 4.90 Å². The lowest BCUT2D eigenvalue weighted by atomic mass is 10.1. The maximum Gasteiger partial charge on any atom is 0.149 e. The molecule has 7 heteroatoms. The van der Waals surface area contributed by atoms with Gasteiger partial charge in [-0.1, -0.05) is 19.1 Å². The Kier molecular flexibility index (Phi) is 4.95. The van der Waals surface area contributed by atoms with Crippen LogP contribution in [0.25, 0.3) is 27.6 Å². The third kappa shape index (κ3) is 3.17. The average Bonchev–Trinajstić information content (AvgIpc) is 3.13. The second kappa shape index (κ2) is 7.63. The molecule has 1 fully saturated rings. The number of imidazole rings is 1. The van der Waals surface area contributed by atoms with Crippen molar-refractivity contribution in [1.29, 1.82) is 0 Å². The number of hydrogen-bond donors (Lipinski definition) is 0. The fourth-order valence-corrected chi connectivity index (χ4v) is 4.71. The maximum atomic E-state index is 14.5. The molecule has 2 aromatic carbocycles. The fraction of sp³-hybridized carbons (Fsp3) is 0.304. The van der Waals surface area contributed by atoms with Crippen molar-refractivity contribution in [3.63, 3.8) is 0 Å². The predicted octanol–water partition coefficient (Wildman–Crippen LogP) is 5.18. The zero-order chi connectivity index (χ0) is 20.8. The molecule has 5 nitrogen and oxygen atoms in total. The van der Waals surface area contributed by atoms with Gasteiger partial charge in [-0.05, 0) is 47.1 Å². The summed E-state index contributed by atoms with van der Waals surface area (Å²) in [6.45, 7) is 7.15. The molecule has 2 aromatic heterocycles. The smallest absolute Gasteiger partial charge is 0.149 e. The number of aryl methyl sites for hydroxylation is 2. The first-order valence-electron chi connectivity index (χ1n) is 10.2. The quantitative estimate of drug-likeness (QED) is 0.415. The number of ether oxygens (including phenoxy) is 1. The van der Waals surface area contributed by atoms with E-state index in [2.05, 4.69) is 49.4 Å². The number of pyridine rings is 1. The van der Waals surface area contributed by atoms with Crippen LogP contribution in [0, 0.1) is 12.7 Å². The molecule has 5 rings (SSSR count). The van der Waals surface area contributed by atoms with Crippen molar-refractivity contribution in [2.45, 2.75) is 20.3 Å². The van der Waals surface area contributed by atoms with Crippen LogP contribution in [0.3, 0.4) is 0 Å². The van der Waals surface area contributed by atoms with Gasteiger partial charge in [-0.3, -0.25) is 4.57 Å². The summed E-state index contributed by atoms with van der Waals surface area (Å²) in [4.78, 5) is 11.7. The summed E-state index contributed by atoms with van der Waals surface area (Å²) < 4.78 is 23.2. The van der Waals surface area contributed by atoms with E-state index < -0.39 is 0 Å². The van der Waals surface area contributed by atoms with Crippen molar-refractivity contribution in [3.05, 3.63) is 58.2 Å². The van der Waals surface area contributed by atoms with Crippen LogP contribution in [0.15, 0.2) is 40.9 Å². The molecule has 0 saturated carbocycles. The van der Waals surface area contributed by atoms with E-state index in [9.17, 15) is 4.39 Å². The minimum atomic E-state index is -0.310. The van der Waals surface area contributed by atoms with Crippen molar-refractivity contribution in [2.24, 2.45) is 0 Å².